The number of carboxylic acid groups (broad SMARTS) is 1. The van der Waals surface area contributed by atoms with Gasteiger partial charge in [-0.2, -0.15) is 0 Å². The first-order chi connectivity index (χ1) is 9.77. The molecule has 4 nitrogen and oxygen atoms in total. The molecule has 21 heavy (non-hydrogen) atoms. The van der Waals surface area contributed by atoms with Gasteiger partial charge in [-0.25, -0.2) is 18.7 Å². The Hall–Kier alpha value is -1.91. The molecule has 1 fully saturated rings. The molecule has 0 spiro atoms. The van der Waals surface area contributed by atoms with Crippen LogP contribution in [0.5, 0.6) is 0 Å². The van der Waals surface area contributed by atoms with Crippen LogP contribution in [0.4, 0.5) is 9.18 Å². The van der Waals surface area contributed by atoms with Gasteiger partial charge in [0, 0.05) is 11.5 Å². The van der Waals surface area contributed by atoms with Crippen LogP contribution in [0.15, 0.2) is 12.1 Å². The second-order valence-corrected chi connectivity index (χ2v) is 6.88. The second kappa shape index (κ2) is 4.55. The fourth-order valence-corrected chi connectivity index (χ4v) is 2.69. The molecule has 1 N–H and O–H groups in total. The van der Waals surface area contributed by atoms with E-state index >= 15 is 0 Å². The topological polar surface area (TPSA) is 55.1 Å². The van der Waals surface area contributed by atoms with Crippen molar-refractivity contribution in [1.29, 1.82) is 0 Å². The van der Waals surface area contributed by atoms with Crippen molar-refractivity contribution in [3.05, 3.63) is 29.3 Å². The third kappa shape index (κ3) is 2.52. The molecule has 0 amide bonds. The molecule has 0 unspecified atom stereocenters. The zero-order valence-corrected chi connectivity index (χ0v) is 12.5. The Morgan fingerprint density at radius 1 is 1.43 bits per heavy atom. The number of fused-ring (bicyclic) bond motifs is 1. The van der Waals surface area contributed by atoms with E-state index in [0.717, 1.165) is 29.4 Å². The molecule has 1 aromatic carbocycles. The predicted octanol–water partition coefficient (Wildman–Crippen LogP) is 3.95. The van der Waals surface area contributed by atoms with Gasteiger partial charge < -0.3 is 5.11 Å². The molecule has 2 aromatic rings. The SMILES string of the molecule is CC(C)(C)c1nc2c(CC3CC3)cc(F)cc2n1C(=O)O. The number of hydrogen-bond donors (Lipinski definition) is 1. The highest BCUT2D eigenvalue weighted by atomic mass is 19.1. The summed E-state index contributed by atoms with van der Waals surface area (Å²) in [5, 5.41) is 9.49. The average Bonchev–Trinajstić information content (AvgIpc) is 3.04. The molecule has 1 heterocycles. The van der Waals surface area contributed by atoms with Gasteiger partial charge in [0.25, 0.3) is 0 Å². The molecule has 1 saturated carbocycles. The van der Waals surface area contributed by atoms with E-state index in [1.54, 1.807) is 0 Å². The van der Waals surface area contributed by atoms with Crippen LogP contribution in [0.2, 0.25) is 0 Å². The molecule has 0 aliphatic heterocycles. The fraction of sp³-hybridized carbons (Fsp3) is 0.500. The van der Waals surface area contributed by atoms with E-state index in [-0.39, 0.29) is 0 Å². The minimum atomic E-state index is -1.12. The summed E-state index contributed by atoms with van der Waals surface area (Å²) in [7, 11) is 0. The molecule has 1 aliphatic rings. The number of hydrogen-bond acceptors (Lipinski definition) is 2. The number of imidazole rings is 1. The van der Waals surface area contributed by atoms with Gasteiger partial charge in [-0.1, -0.05) is 20.8 Å². The van der Waals surface area contributed by atoms with Gasteiger partial charge >= 0.3 is 6.09 Å². The molecular formula is C16H19FN2O2. The maximum atomic E-state index is 13.9. The number of halogens is 1. The van der Waals surface area contributed by atoms with Crippen LogP contribution in [-0.4, -0.2) is 20.8 Å². The number of carbonyl (C=O) groups is 1. The number of nitrogens with zero attached hydrogens (tertiary/aromatic N) is 2. The minimum Gasteiger partial charge on any atom is -0.464 e. The molecule has 1 aliphatic carbocycles. The Bertz CT molecular complexity index is 724. The quantitative estimate of drug-likeness (QED) is 0.911. The Kier molecular flexibility index (Phi) is 3.04. The third-order valence-corrected chi connectivity index (χ3v) is 3.87. The van der Waals surface area contributed by atoms with Crippen LogP contribution in [0.25, 0.3) is 11.0 Å². The first-order valence-electron chi connectivity index (χ1n) is 7.22. The highest BCUT2D eigenvalue weighted by molar-refractivity contribution is 5.89. The first-order valence-corrected chi connectivity index (χ1v) is 7.22. The molecule has 0 radical (unpaired) electrons. The van der Waals surface area contributed by atoms with E-state index < -0.39 is 17.3 Å². The zero-order chi connectivity index (χ0) is 15.4. The van der Waals surface area contributed by atoms with E-state index in [9.17, 15) is 14.3 Å². The molecule has 0 atom stereocenters. The standard InChI is InChI=1S/C16H19FN2O2/c1-16(2,3)14-18-13-10(6-9-4-5-9)7-11(17)8-12(13)19(14)15(20)21/h7-9H,4-6H2,1-3H3,(H,20,21). The summed E-state index contributed by atoms with van der Waals surface area (Å²) in [4.78, 5) is 16.1. The monoisotopic (exact) mass is 290 g/mol. The summed E-state index contributed by atoms with van der Waals surface area (Å²) in [6.07, 6.45) is 1.97. The average molecular weight is 290 g/mol. The Labute approximate surface area is 122 Å². The van der Waals surface area contributed by atoms with Gasteiger partial charge in [0.1, 0.15) is 11.6 Å². The van der Waals surface area contributed by atoms with Crippen molar-refractivity contribution >= 4 is 17.1 Å². The van der Waals surface area contributed by atoms with Crippen LogP contribution < -0.4 is 0 Å². The summed E-state index contributed by atoms with van der Waals surface area (Å²) < 4.78 is 15.0. The Morgan fingerprint density at radius 3 is 2.62 bits per heavy atom. The van der Waals surface area contributed by atoms with Gasteiger partial charge in [-0.05, 0) is 36.8 Å². The second-order valence-electron chi connectivity index (χ2n) is 6.88. The number of rotatable bonds is 2. The molecular weight excluding hydrogens is 271 g/mol. The Balaban J connectivity index is 2.29. The maximum absolute atomic E-state index is 13.9. The smallest absolute Gasteiger partial charge is 0.417 e. The summed E-state index contributed by atoms with van der Waals surface area (Å²) in [5.74, 6) is 0.636. The fourth-order valence-electron chi connectivity index (χ4n) is 2.69. The van der Waals surface area contributed by atoms with E-state index in [1.807, 2.05) is 20.8 Å². The largest absolute Gasteiger partial charge is 0.464 e. The lowest BCUT2D eigenvalue weighted by molar-refractivity contribution is 0.195. The van der Waals surface area contributed by atoms with Crippen molar-refractivity contribution in [2.45, 2.75) is 45.4 Å². The third-order valence-electron chi connectivity index (χ3n) is 3.87. The zero-order valence-electron chi connectivity index (χ0n) is 12.5. The van der Waals surface area contributed by atoms with Gasteiger partial charge in [-0.15, -0.1) is 0 Å². The lowest BCUT2D eigenvalue weighted by Gasteiger charge is -2.17. The van der Waals surface area contributed by atoms with Crippen molar-refractivity contribution in [2.24, 2.45) is 5.92 Å². The highest BCUT2D eigenvalue weighted by Gasteiger charge is 2.29. The Morgan fingerprint density at radius 2 is 2.10 bits per heavy atom. The molecule has 5 heteroatoms. The lowest BCUT2D eigenvalue weighted by atomic mass is 9.96. The summed E-state index contributed by atoms with van der Waals surface area (Å²) in [5.41, 5.74) is 1.36. The van der Waals surface area contributed by atoms with E-state index in [2.05, 4.69) is 4.98 Å². The highest BCUT2D eigenvalue weighted by Crippen LogP contribution is 2.36. The molecule has 112 valence electrons. The molecule has 3 rings (SSSR count). The predicted molar refractivity (Wildman–Crippen MR) is 78.2 cm³/mol. The van der Waals surface area contributed by atoms with Gasteiger partial charge in [0.2, 0.25) is 0 Å². The van der Waals surface area contributed by atoms with Crippen molar-refractivity contribution < 1.29 is 14.3 Å². The maximum Gasteiger partial charge on any atom is 0.417 e. The van der Waals surface area contributed by atoms with Gasteiger partial charge in [0.05, 0.1) is 11.0 Å². The van der Waals surface area contributed by atoms with Crippen molar-refractivity contribution in [3.63, 3.8) is 0 Å². The lowest BCUT2D eigenvalue weighted by Crippen LogP contribution is -2.22. The van der Waals surface area contributed by atoms with Crippen LogP contribution in [0, 0.1) is 11.7 Å². The van der Waals surface area contributed by atoms with Gasteiger partial charge in [-0.3, -0.25) is 0 Å². The van der Waals surface area contributed by atoms with Crippen LogP contribution in [-0.2, 0) is 11.8 Å². The molecule has 0 saturated heterocycles. The van der Waals surface area contributed by atoms with E-state index in [1.165, 1.54) is 12.1 Å². The van der Waals surface area contributed by atoms with Crippen LogP contribution in [0.1, 0.15) is 45.0 Å². The minimum absolute atomic E-state index is 0.350. The number of aromatic nitrogens is 2. The molecule has 1 aromatic heterocycles. The normalized spacial score (nSPS) is 15.6. The van der Waals surface area contributed by atoms with Crippen LogP contribution in [0.3, 0.4) is 0 Å². The summed E-state index contributed by atoms with van der Waals surface area (Å²) in [6, 6.07) is 2.76. The molecule has 0 bridgehead atoms. The first kappa shape index (κ1) is 14.0. The number of benzene rings is 1. The van der Waals surface area contributed by atoms with Crippen molar-refractivity contribution in [3.8, 4) is 0 Å². The van der Waals surface area contributed by atoms with E-state index in [0.29, 0.717) is 22.8 Å². The summed E-state index contributed by atoms with van der Waals surface area (Å²) >= 11 is 0. The summed E-state index contributed by atoms with van der Waals surface area (Å²) in [6.45, 7) is 5.72. The van der Waals surface area contributed by atoms with Crippen LogP contribution >= 0.6 is 0 Å². The van der Waals surface area contributed by atoms with Crippen molar-refractivity contribution in [2.75, 3.05) is 0 Å². The van der Waals surface area contributed by atoms with Crippen molar-refractivity contribution in [1.82, 2.24) is 9.55 Å². The van der Waals surface area contributed by atoms with Gasteiger partial charge in [0.15, 0.2) is 0 Å². The van der Waals surface area contributed by atoms with E-state index in [4.69, 9.17) is 0 Å².